The summed E-state index contributed by atoms with van der Waals surface area (Å²) < 4.78 is 25.0. The maximum Gasteiger partial charge on any atom is 0.250 e. The van der Waals surface area contributed by atoms with Gasteiger partial charge in [0.1, 0.15) is 0 Å². The summed E-state index contributed by atoms with van der Waals surface area (Å²) >= 11 is 0. The lowest BCUT2D eigenvalue weighted by molar-refractivity contribution is -0.0540. The van der Waals surface area contributed by atoms with E-state index in [-0.39, 0.29) is 20.3 Å². The van der Waals surface area contributed by atoms with Gasteiger partial charge >= 0.3 is 0 Å². The number of alkyl halides is 2. The SMILES string of the molecule is C.CCN1CCC(F)(F)CC1. The third-order valence-electron chi connectivity index (χ3n) is 2.03. The highest BCUT2D eigenvalue weighted by Gasteiger charge is 2.33. The molecule has 0 bridgehead atoms. The zero-order valence-electron chi connectivity index (χ0n) is 6.24. The molecule has 3 heteroatoms. The Kier molecular flexibility index (Phi) is 3.93. The molecule has 0 aromatic rings. The van der Waals surface area contributed by atoms with Crippen LogP contribution in [-0.2, 0) is 0 Å². The number of piperidine rings is 1. The van der Waals surface area contributed by atoms with Gasteiger partial charge in [0.2, 0.25) is 0 Å². The minimum absolute atomic E-state index is 0. The number of likely N-dealkylation sites (tertiary alicyclic amines) is 1. The highest BCUT2D eigenvalue weighted by Crippen LogP contribution is 2.27. The van der Waals surface area contributed by atoms with Gasteiger partial charge in [0, 0.05) is 25.9 Å². The van der Waals surface area contributed by atoms with Gasteiger partial charge < -0.3 is 4.90 Å². The normalized spacial score (nSPS) is 24.3. The van der Waals surface area contributed by atoms with E-state index in [0.717, 1.165) is 6.54 Å². The van der Waals surface area contributed by atoms with E-state index in [0.29, 0.717) is 13.1 Å². The first-order chi connectivity index (χ1) is 4.64. The maximum absolute atomic E-state index is 12.5. The van der Waals surface area contributed by atoms with Crippen molar-refractivity contribution in [3.05, 3.63) is 0 Å². The number of hydrogen-bond acceptors (Lipinski definition) is 1. The van der Waals surface area contributed by atoms with Gasteiger partial charge in [-0.2, -0.15) is 0 Å². The van der Waals surface area contributed by atoms with Crippen molar-refractivity contribution in [2.75, 3.05) is 19.6 Å². The van der Waals surface area contributed by atoms with Crippen LogP contribution in [0.5, 0.6) is 0 Å². The van der Waals surface area contributed by atoms with E-state index in [1.807, 2.05) is 6.92 Å². The molecule has 0 aromatic carbocycles. The van der Waals surface area contributed by atoms with Gasteiger partial charge in [-0.15, -0.1) is 0 Å². The largest absolute Gasteiger partial charge is 0.303 e. The molecule has 1 aliphatic rings. The molecule has 0 spiro atoms. The van der Waals surface area contributed by atoms with Crippen LogP contribution in [0.4, 0.5) is 8.78 Å². The molecule has 1 fully saturated rings. The van der Waals surface area contributed by atoms with Crippen molar-refractivity contribution in [2.24, 2.45) is 0 Å². The second-order valence-corrected chi connectivity index (χ2v) is 2.79. The van der Waals surface area contributed by atoms with Crippen LogP contribution in [0.2, 0.25) is 0 Å². The molecule has 0 aromatic heterocycles. The molecule has 1 rings (SSSR count). The average Bonchev–Trinajstić information content (AvgIpc) is 1.88. The van der Waals surface area contributed by atoms with Crippen molar-refractivity contribution < 1.29 is 8.78 Å². The Labute approximate surface area is 67.4 Å². The summed E-state index contributed by atoms with van der Waals surface area (Å²) in [7, 11) is 0. The number of nitrogens with zero attached hydrogens (tertiary/aromatic N) is 1. The van der Waals surface area contributed by atoms with Gasteiger partial charge in [-0.1, -0.05) is 14.4 Å². The second kappa shape index (κ2) is 4.00. The zero-order chi connectivity index (χ0) is 7.61. The van der Waals surface area contributed by atoms with Crippen LogP contribution in [0, 0.1) is 0 Å². The van der Waals surface area contributed by atoms with Crippen LogP contribution in [0.1, 0.15) is 27.2 Å². The van der Waals surface area contributed by atoms with Crippen LogP contribution < -0.4 is 0 Å². The van der Waals surface area contributed by atoms with E-state index >= 15 is 0 Å². The fourth-order valence-electron chi connectivity index (χ4n) is 1.20. The van der Waals surface area contributed by atoms with Gasteiger partial charge in [-0.25, -0.2) is 8.78 Å². The molecule has 0 atom stereocenters. The fraction of sp³-hybridized carbons (Fsp3) is 1.00. The second-order valence-electron chi connectivity index (χ2n) is 2.79. The van der Waals surface area contributed by atoms with E-state index in [1.54, 1.807) is 0 Å². The molecule has 0 amide bonds. The third-order valence-corrected chi connectivity index (χ3v) is 2.03. The molecular formula is C8H17F2N. The van der Waals surface area contributed by atoms with Crippen LogP contribution in [0.3, 0.4) is 0 Å². The van der Waals surface area contributed by atoms with Crippen molar-refractivity contribution in [1.29, 1.82) is 0 Å². The predicted octanol–water partition coefficient (Wildman–Crippen LogP) is 2.37. The lowest BCUT2D eigenvalue weighted by atomic mass is 10.1. The molecule has 11 heavy (non-hydrogen) atoms. The molecule has 0 unspecified atom stereocenters. The van der Waals surface area contributed by atoms with Gasteiger partial charge in [0.05, 0.1) is 0 Å². The highest BCUT2D eigenvalue weighted by atomic mass is 19.3. The Hall–Kier alpha value is -0.180. The molecule has 1 aliphatic heterocycles. The Balaban J connectivity index is 0.000001000. The third kappa shape index (κ3) is 3.14. The molecule has 68 valence electrons. The van der Waals surface area contributed by atoms with Gasteiger partial charge in [0.25, 0.3) is 5.92 Å². The van der Waals surface area contributed by atoms with Crippen molar-refractivity contribution in [3.63, 3.8) is 0 Å². The van der Waals surface area contributed by atoms with Crippen molar-refractivity contribution in [2.45, 2.75) is 33.1 Å². The standard InChI is InChI=1S/C7H13F2N.CH4/c1-2-10-5-3-7(8,9)4-6-10;/h2-6H2,1H3;1H4. The average molecular weight is 165 g/mol. The number of rotatable bonds is 1. The first kappa shape index (κ1) is 10.8. The Morgan fingerprint density at radius 3 is 2.09 bits per heavy atom. The van der Waals surface area contributed by atoms with Crippen LogP contribution >= 0.6 is 0 Å². The molecule has 0 N–H and O–H groups in total. The quantitative estimate of drug-likeness (QED) is 0.576. The monoisotopic (exact) mass is 165 g/mol. The Morgan fingerprint density at radius 2 is 1.73 bits per heavy atom. The number of hydrogen-bond donors (Lipinski definition) is 0. The van der Waals surface area contributed by atoms with E-state index in [9.17, 15) is 8.78 Å². The van der Waals surface area contributed by atoms with Crippen LogP contribution in [0.25, 0.3) is 0 Å². The molecule has 1 saturated heterocycles. The van der Waals surface area contributed by atoms with Crippen molar-refractivity contribution >= 4 is 0 Å². The summed E-state index contributed by atoms with van der Waals surface area (Å²) in [5, 5.41) is 0. The molecular weight excluding hydrogens is 148 g/mol. The minimum atomic E-state index is -2.38. The first-order valence-corrected chi connectivity index (χ1v) is 3.74. The lowest BCUT2D eigenvalue weighted by Crippen LogP contribution is -2.38. The minimum Gasteiger partial charge on any atom is -0.303 e. The predicted molar refractivity (Wildman–Crippen MR) is 43.0 cm³/mol. The van der Waals surface area contributed by atoms with Crippen LogP contribution in [0.15, 0.2) is 0 Å². The van der Waals surface area contributed by atoms with E-state index < -0.39 is 5.92 Å². The number of halogens is 2. The first-order valence-electron chi connectivity index (χ1n) is 3.74. The lowest BCUT2D eigenvalue weighted by Gasteiger charge is -2.30. The summed E-state index contributed by atoms with van der Waals surface area (Å²) in [6, 6.07) is 0. The molecule has 0 radical (unpaired) electrons. The van der Waals surface area contributed by atoms with E-state index in [2.05, 4.69) is 4.90 Å². The van der Waals surface area contributed by atoms with Gasteiger partial charge in [0.15, 0.2) is 0 Å². The van der Waals surface area contributed by atoms with E-state index in [4.69, 9.17) is 0 Å². The zero-order valence-corrected chi connectivity index (χ0v) is 6.24. The van der Waals surface area contributed by atoms with Crippen molar-refractivity contribution in [3.8, 4) is 0 Å². The maximum atomic E-state index is 12.5. The van der Waals surface area contributed by atoms with Crippen molar-refractivity contribution in [1.82, 2.24) is 4.90 Å². The molecule has 0 saturated carbocycles. The van der Waals surface area contributed by atoms with E-state index in [1.165, 1.54) is 0 Å². The topological polar surface area (TPSA) is 3.24 Å². The molecule has 0 aliphatic carbocycles. The summed E-state index contributed by atoms with van der Waals surface area (Å²) in [6.45, 7) is 4.02. The van der Waals surface area contributed by atoms with Crippen LogP contribution in [-0.4, -0.2) is 30.5 Å². The molecule has 1 heterocycles. The van der Waals surface area contributed by atoms with Gasteiger partial charge in [-0.3, -0.25) is 0 Å². The molecule has 1 nitrogen and oxygen atoms in total. The summed E-state index contributed by atoms with van der Waals surface area (Å²) in [5.74, 6) is -2.38. The Bertz CT molecular complexity index is 105. The fourth-order valence-corrected chi connectivity index (χ4v) is 1.20. The Morgan fingerprint density at radius 1 is 1.27 bits per heavy atom. The smallest absolute Gasteiger partial charge is 0.250 e. The summed E-state index contributed by atoms with van der Waals surface area (Å²) in [6.07, 6.45) is 0.0850. The summed E-state index contributed by atoms with van der Waals surface area (Å²) in [4.78, 5) is 2.05. The highest BCUT2D eigenvalue weighted by molar-refractivity contribution is 4.76. The van der Waals surface area contributed by atoms with Gasteiger partial charge in [-0.05, 0) is 6.54 Å². The summed E-state index contributed by atoms with van der Waals surface area (Å²) in [5.41, 5.74) is 0.